The number of fused-ring (bicyclic) bond motifs is 1. The van der Waals surface area contributed by atoms with Gasteiger partial charge in [-0.25, -0.2) is 0 Å². The highest BCUT2D eigenvalue weighted by Gasteiger charge is 2.10. The molecule has 1 aromatic heterocycles. The van der Waals surface area contributed by atoms with Crippen LogP contribution >= 0.6 is 23.4 Å². The minimum atomic E-state index is 0.487. The van der Waals surface area contributed by atoms with Crippen molar-refractivity contribution in [2.45, 2.75) is 24.0 Å². The third-order valence-corrected chi connectivity index (χ3v) is 3.50. The van der Waals surface area contributed by atoms with Crippen LogP contribution in [0.1, 0.15) is 13.8 Å². The van der Waals surface area contributed by atoms with Crippen molar-refractivity contribution >= 4 is 34.3 Å². The lowest BCUT2D eigenvalue weighted by molar-refractivity contribution is -0.577. The van der Waals surface area contributed by atoms with Gasteiger partial charge in [-0.2, -0.15) is 4.73 Å². The number of rotatable bonds is 2. The van der Waals surface area contributed by atoms with E-state index >= 15 is 0 Å². The van der Waals surface area contributed by atoms with E-state index in [-0.39, 0.29) is 0 Å². The number of pyridine rings is 1. The Kier molecular flexibility index (Phi) is 3.26. The molecule has 0 saturated heterocycles. The Morgan fingerprint density at radius 1 is 1.31 bits per heavy atom. The minimum absolute atomic E-state index is 0.487. The van der Waals surface area contributed by atoms with E-state index in [1.54, 1.807) is 17.8 Å². The third kappa shape index (κ3) is 2.25. The van der Waals surface area contributed by atoms with Crippen molar-refractivity contribution in [1.82, 2.24) is 0 Å². The molecule has 0 bridgehead atoms. The molecule has 84 valence electrons. The van der Waals surface area contributed by atoms with Crippen LogP contribution in [0.25, 0.3) is 10.9 Å². The Morgan fingerprint density at radius 2 is 2.06 bits per heavy atom. The number of halogens is 1. The van der Waals surface area contributed by atoms with Crippen molar-refractivity contribution in [3.63, 3.8) is 0 Å². The molecule has 0 atom stereocenters. The Hall–Kier alpha value is -0.930. The van der Waals surface area contributed by atoms with Gasteiger partial charge in [0.25, 0.3) is 0 Å². The number of hydrogen-bond donors (Lipinski definition) is 0. The summed E-state index contributed by atoms with van der Waals surface area (Å²) >= 11 is 7.64. The molecule has 2 nitrogen and oxygen atoms in total. The standard InChI is InChI=1S/C12H12ClNOS/c1-8(2)16-12-5-6-14(15)11-7-9(13)3-4-10(11)12/h3-8H,1-2H3. The van der Waals surface area contributed by atoms with E-state index in [0.29, 0.717) is 15.8 Å². The van der Waals surface area contributed by atoms with Crippen molar-refractivity contribution in [1.29, 1.82) is 0 Å². The first-order chi connectivity index (χ1) is 7.58. The van der Waals surface area contributed by atoms with Gasteiger partial charge < -0.3 is 5.21 Å². The van der Waals surface area contributed by atoms with Gasteiger partial charge in [0, 0.05) is 27.3 Å². The molecule has 0 unspecified atom stereocenters. The van der Waals surface area contributed by atoms with E-state index in [2.05, 4.69) is 13.8 Å². The molecule has 4 heteroatoms. The van der Waals surface area contributed by atoms with Crippen LogP contribution in [0, 0.1) is 5.21 Å². The molecular weight excluding hydrogens is 242 g/mol. The van der Waals surface area contributed by atoms with Crippen LogP contribution in [0.5, 0.6) is 0 Å². The Morgan fingerprint density at radius 3 is 2.75 bits per heavy atom. The molecule has 0 spiro atoms. The molecule has 0 aliphatic rings. The Balaban J connectivity index is 2.64. The fourth-order valence-corrected chi connectivity index (χ4v) is 2.67. The summed E-state index contributed by atoms with van der Waals surface area (Å²) in [5, 5.41) is 13.7. The molecule has 0 radical (unpaired) electrons. The molecule has 0 N–H and O–H groups in total. The lowest BCUT2D eigenvalue weighted by Gasteiger charge is -2.09. The minimum Gasteiger partial charge on any atom is -0.618 e. The summed E-state index contributed by atoms with van der Waals surface area (Å²) in [5.74, 6) is 0. The van der Waals surface area contributed by atoms with Crippen molar-refractivity contribution in [2.24, 2.45) is 0 Å². The SMILES string of the molecule is CC(C)Sc1cc[n+]([O-])c2cc(Cl)ccc12. The average molecular weight is 254 g/mol. The molecule has 1 heterocycles. The summed E-state index contributed by atoms with van der Waals surface area (Å²) in [5.41, 5.74) is 0.623. The predicted octanol–water partition coefficient (Wildman–Crippen LogP) is 3.63. The maximum Gasteiger partial charge on any atom is 0.226 e. The molecule has 0 fully saturated rings. The summed E-state index contributed by atoms with van der Waals surface area (Å²) < 4.78 is 0.853. The van der Waals surface area contributed by atoms with Gasteiger partial charge in [0.05, 0.1) is 5.39 Å². The smallest absolute Gasteiger partial charge is 0.226 e. The van der Waals surface area contributed by atoms with Gasteiger partial charge in [-0.15, -0.1) is 11.8 Å². The number of benzene rings is 1. The average Bonchev–Trinajstić information content (AvgIpc) is 2.22. The van der Waals surface area contributed by atoms with Crippen LogP contribution < -0.4 is 4.73 Å². The first-order valence-corrected chi connectivity index (χ1v) is 6.32. The van der Waals surface area contributed by atoms with E-state index < -0.39 is 0 Å². The number of nitrogens with zero attached hydrogens (tertiary/aromatic N) is 1. The van der Waals surface area contributed by atoms with Crippen LogP contribution in [0.2, 0.25) is 5.02 Å². The lowest BCUT2D eigenvalue weighted by Crippen LogP contribution is -2.26. The summed E-state index contributed by atoms with van der Waals surface area (Å²) in [6.45, 7) is 4.26. The maximum atomic E-state index is 11.6. The molecule has 0 amide bonds. The van der Waals surface area contributed by atoms with Crippen LogP contribution in [0.4, 0.5) is 0 Å². The fourth-order valence-electron chi connectivity index (χ4n) is 1.56. The highest BCUT2D eigenvalue weighted by atomic mass is 35.5. The second-order valence-corrected chi connectivity index (χ2v) is 5.89. The van der Waals surface area contributed by atoms with Crippen LogP contribution in [-0.4, -0.2) is 5.25 Å². The second-order valence-electron chi connectivity index (χ2n) is 3.83. The molecule has 0 saturated carbocycles. The van der Waals surface area contributed by atoms with Crippen molar-refractivity contribution in [2.75, 3.05) is 0 Å². The molecule has 1 aromatic carbocycles. The number of thioether (sulfide) groups is 1. The molecular formula is C12H12ClNOS. The Labute approximate surface area is 104 Å². The maximum absolute atomic E-state index is 11.6. The number of hydrogen-bond acceptors (Lipinski definition) is 2. The van der Waals surface area contributed by atoms with Gasteiger partial charge in [0.2, 0.25) is 5.52 Å². The largest absolute Gasteiger partial charge is 0.618 e. The third-order valence-electron chi connectivity index (χ3n) is 2.19. The molecule has 0 aliphatic carbocycles. The van der Waals surface area contributed by atoms with Gasteiger partial charge in [-0.3, -0.25) is 0 Å². The van der Waals surface area contributed by atoms with Crippen LogP contribution in [0.3, 0.4) is 0 Å². The molecule has 2 aromatic rings. The number of aromatic nitrogens is 1. The normalized spacial score (nSPS) is 11.2. The van der Waals surface area contributed by atoms with Gasteiger partial charge in [-0.05, 0) is 12.1 Å². The second kappa shape index (κ2) is 4.52. The van der Waals surface area contributed by atoms with E-state index in [0.717, 1.165) is 15.0 Å². The highest BCUT2D eigenvalue weighted by molar-refractivity contribution is 8.00. The zero-order valence-corrected chi connectivity index (χ0v) is 10.7. The summed E-state index contributed by atoms with van der Waals surface area (Å²) in [6.07, 6.45) is 1.53. The monoisotopic (exact) mass is 253 g/mol. The van der Waals surface area contributed by atoms with E-state index in [4.69, 9.17) is 11.6 Å². The van der Waals surface area contributed by atoms with Crippen molar-refractivity contribution < 1.29 is 4.73 Å². The first-order valence-electron chi connectivity index (χ1n) is 5.06. The van der Waals surface area contributed by atoms with E-state index in [1.807, 2.05) is 18.2 Å². The van der Waals surface area contributed by atoms with E-state index in [1.165, 1.54) is 6.20 Å². The zero-order valence-electron chi connectivity index (χ0n) is 9.11. The fraction of sp³-hybridized carbons (Fsp3) is 0.250. The summed E-state index contributed by atoms with van der Waals surface area (Å²) in [7, 11) is 0. The van der Waals surface area contributed by atoms with Crippen molar-refractivity contribution in [3.8, 4) is 0 Å². The topological polar surface area (TPSA) is 26.9 Å². The zero-order chi connectivity index (χ0) is 11.7. The predicted molar refractivity (Wildman–Crippen MR) is 68.9 cm³/mol. The van der Waals surface area contributed by atoms with Gasteiger partial charge in [0.1, 0.15) is 0 Å². The Bertz CT molecular complexity index is 528. The summed E-state index contributed by atoms with van der Waals surface area (Å²) in [6, 6.07) is 7.27. The van der Waals surface area contributed by atoms with E-state index in [9.17, 15) is 5.21 Å². The first kappa shape index (κ1) is 11.6. The van der Waals surface area contributed by atoms with Crippen LogP contribution in [-0.2, 0) is 0 Å². The lowest BCUT2D eigenvalue weighted by atomic mass is 10.2. The molecule has 2 rings (SSSR count). The van der Waals surface area contributed by atoms with Crippen LogP contribution in [0.15, 0.2) is 35.4 Å². The summed E-state index contributed by atoms with van der Waals surface area (Å²) in [4.78, 5) is 1.12. The molecule has 0 aliphatic heterocycles. The molecule has 16 heavy (non-hydrogen) atoms. The van der Waals surface area contributed by atoms with Crippen molar-refractivity contribution in [3.05, 3.63) is 40.7 Å². The van der Waals surface area contributed by atoms with Gasteiger partial charge in [0.15, 0.2) is 6.20 Å². The van der Waals surface area contributed by atoms with Gasteiger partial charge in [-0.1, -0.05) is 25.4 Å². The van der Waals surface area contributed by atoms with Gasteiger partial charge >= 0.3 is 0 Å². The highest BCUT2D eigenvalue weighted by Crippen LogP contribution is 2.30. The quantitative estimate of drug-likeness (QED) is 0.464.